The van der Waals surface area contributed by atoms with Crippen LogP contribution in [0.25, 0.3) is 60.8 Å². The molecule has 3 heterocycles. The van der Waals surface area contributed by atoms with E-state index in [1.165, 1.54) is 38.2 Å². The quantitative estimate of drug-likeness (QED) is 0.204. The summed E-state index contributed by atoms with van der Waals surface area (Å²) in [6.45, 7) is 19.4. The summed E-state index contributed by atoms with van der Waals surface area (Å²) in [6, 6.07) is 19.4. The maximum atomic E-state index is 4.78. The molecule has 0 saturated carbocycles. The minimum atomic E-state index is 0.956. The van der Waals surface area contributed by atoms with Crippen LogP contribution in [0.4, 0.5) is 0 Å². The van der Waals surface area contributed by atoms with Gasteiger partial charge < -0.3 is 4.57 Å². The van der Waals surface area contributed by atoms with E-state index in [0.29, 0.717) is 0 Å². The van der Waals surface area contributed by atoms with Crippen LogP contribution in [0, 0.1) is 6.92 Å². The highest BCUT2D eigenvalue weighted by molar-refractivity contribution is 6.18. The van der Waals surface area contributed by atoms with Gasteiger partial charge in [0.25, 0.3) is 0 Å². The normalized spacial score (nSPS) is 10.2. The summed E-state index contributed by atoms with van der Waals surface area (Å²) in [5.74, 6) is 0. The molecule has 0 N–H and O–H groups in total. The van der Waals surface area contributed by atoms with Gasteiger partial charge in [0.2, 0.25) is 0 Å². The van der Waals surface area contributed by atoms with Crippen LogP contribution in [-0.4, -0.2) is 19.5 Å². The average molecular weight is 517 g/mol. The molecule has 7 rings (SSSR count). The fraction of sp³-hybridized carbons (Fsp3) is 0.229. The topological polar surface area (TPSA) is 43.6 Å². The third-order valence-corrected chi connectivity index (χ3v) is 6.26. The molecule has 1 aliphatic rings. The zero-order chi connectivity index (χ0) is 28.5. The van der Waals surface area contributed by atoms with Gasteiger partial charge >= 0.3 is 0 Å². The number of aromatic nitrogens is 4. The number of para-hydroxylation sites is 1. The van der Waals surface area contributed by atoms with E-state index in [9.17, 15) is 0 Å². The smallest absolute Gasteiger partial charge is 0.0993 e. The van der Waals surface area contributed by atoms with E-state index in [1.807, 2.05) is 60.9 Å². The Hall–Kier alpha value is -4.31. The van der Waals surface area contributed by atoms with Crippen molar-refractivity contribution >= 4 is 32.6 Å². The van der Waals surface area contributed by atoms with E-state index in [-0.39, 0.29) is 0 Å². The second kappa shape index (κ2) is 13.5. The van der Waals surface area contributed by atoms with Gasteiger partial charge in [0.1, 0.15) is 0 Å². The van der Waals surface area contributed by atoms with E-state index >= 15 is 0 Å². The maximum absolute atomic E-state index is 4.78. The number of hydrogen-bond acceptors (Lipinski definition) is 3. The van der Waals surface area contributed by atoms with Crippen LogP contribution in [0.3, 0.4) is 0 Å². The third kappa shape index (κ3) is 4.95. The summed E-state index contributed by atoms with van der Waals surface area (Å²) in [5, 5.41) is 4.88. The molecule has 0 spiro atoms. The molecule has 3 aromatic heterocycles. The number of fused-ring (bicyclic) bond motifs is 6. The molecule has 0 aliphatic heterocycles. The lowest BCUT2D eigenvalue weighted by Gasteiger charge is -2.13. The second-order valence-electron chi connectivity index (χ2n) is 8.22. The number of pyridine rings is 1. The van der Waals surface area contributed by atoms with Crippen LogP contribution in [0.2, 0.25) is 0 Å². The number of allylic oxidation sites excluding steroid dienone is 1. The Labute approximate surface area is 233 Å². The first kappa shape index (κ1) is 29.2. The number of benzene rings is 3. The molecule has 0 bridgehead atoms. The molecule has 6 aromatic rings. The molecule has 200 valence electrons. The van der Waals surface area contributed by atoms with Gasteiger partial charge in [-0.05, 0) is 43.0 Å². The van der Waals surface area contributed by atoms with Gasteiger partial charge in [-0.1, -0.05) is 84.0 Å². The fourth-order valence-corrected chi connectivity index (χ4v) is 5.02. The van der Waals surface area contributed by atoms with Gasteiger partial charge in [-0.25, -0.2) is 0 Å². The average Bonchev–Trinajstić information content (AvgIpc) is 3.54. The summed E-state index contributed by atoms with van der Waals surface area (Å²) in [4.78, 5) is 13.9. The Kier molecular flexibility index (Phi) is 10.1. The summed E-state index contributed by atoms with van der Waals surface area (Å²) in [7, 11) is 0. The fourth-order valence-electron chi connectivity index (χ4n) is 5.02. The molecule has 4 heteroatoms. The molecular weight excluding hydrogens is 476 g/mol. The van der Waals surface area contributed by atoms with Crippen LogP contribution in [-0.2, 0) is 0 Å². The Morgan fingerprint density at radius 1 is 0.692 bits per heavy atom. The molecule has 1 aliphatic carbocycles. The van der Waals surface area contributed by atoms with Crippen molar-refractivity contribution in [3.8, 4) is 28.2 Å². The van der Waals surface area contributed by atoms with Crippen LogP contribution in [0.1, 0.15) is 54.0 Å². The van der Waals surface area contributed by atoms with E-state index in [2.05, 4.69) is 77.7 Å². The number of aryl methyl sites for hydroxylation is 1. The molecule has 0 unspecified atom stereocenters. The summed E-state index contributed by atoms with van der Waals surface area (Å²) >= 11 is 0. The third-order valence-electron chi connectivity index (χ3n) is 6.26. The molecule has 3 aromatic carbocycles. The molecule has 4 nitrogen and oxygen atoms in total. The van der Waals surface area contributed by atoms with Gasteiger partial charge in [-0.3, -0.25) is 15.0 Å². The molecule has 39 heavy (non-hydrogen) atoms. The first-order valence-electron chi connectivity index (χ1n) is 14.0. The highest BCUT2D eigenvalue weighted by Gasteiger charge is 2.29. The lowest BCUT2D eigenvalue weighted by Crippen LogP contribution is -1.98. The molecule has 0 amide bonds. The molecule has 0 saturated heterocycles. The van der Waals surface area contributed by atoms with Gasteiger partial charge in [-0.15, -0.1) is 6.58 Å². The SMILES string of the molecule is C=CC.CC.CC.CC.Cc1ccc2ccc(-n3c4ccccc4c4ccncc43)c3c2c1-c1nccnc1-3. The van der Waals surface area contributed by atoms with E-state index in [0.717, 1.165) is 28.2 Å². The Balaban J connectivity index is 0.000000424. The first-order chi connectivity index (χ1) is 19.2. The van der Waals surface area contributed by atoms with E-state index in [1.54, 1.807) is 18.5 Å². The van der Waals surface area contributed by atoms with Crippen molar-refractivity contribution in [2.45, 2.75) is 55.4 Å². The Morgan fingerprint density at radius 2 is 1.28 bits per heavy atom. The van der Waals surface area contributed by atoms with Crippen LogP contribution >= 0.6 is 0 Å². The molecule has 0 atom stereocenters. The lowest BCUT2D eigenvalue weighted by molar-refractivity contribution is 1.16. The van der Waals surface area contributed by atoms with Crippen LogP contribution < -0.4 is 0 Å². The standard InChI is InChI=1S/C26H16N4.C3H6.3C2H6/c1-15-6-7-16-8-9-20(24-23(16)22(15)25-26(24)29-13-12-28-25)30-19-5-3-2-4-17(19)18-10-11-27-14-21(18)30;1-3-2;3*1-2/h2-14H,1H3;3H,1H2,2H3;3*1-2H3. The van der Waals surface area contributed by atoms with Gasteiger partial charge in [0, 0.05) is 45.9 Å². The Morgan fingerprint density at radius 3 is 1.97 bits per heavy atom. The number of hydrogen-bond donors (Lipinski definition) is 0. The summed E-state index contributed by atoms with van der Waals surface area (Å²) in [6.07, 6.45) is 9.14. The highest BCUT2D eigenvalue weighted by Crippen LogP contribution is 2.50. The summed E-state index contributed by atoms with van der Waals surface area (Å²) < 4.78 is 2.32. The van der Waals surface area contributed by atoms with Gasteiger partial charge in [0.15, 0.2) is 0 Å². The summed E-state index contributed by atoms with van der Waals surface area (Å²) in [5.41, 5.74) is 8.90. The van der Waals surface area contributed by atoms with Crippen molar-refractivity contribution in [3.05, 3.63) is 97.6 Å². The first-order valence-corrected chi connectivity index (χ1v) is 14.0. The minimum absolute atomic E-state index is 0.956. The minimum Gasteiger partial charge on any atom is -0.307 e. The number of nitrogens with zero attached hydrogens (tertiary/aromatic N) is 4. The van der Waals surface area contributed by atoms with E-state index in [4.69, 9.17) is 9.97 Å². The van der Waals surface area contributed by atoms with Crippen molar-refractivity contribution < 1.29 is 0 Å². The second-order valence-corrected chi connectivity index (χ2v) is 8.22. The monoisotopic (exact) mass is 516 g/mol. The molecular formula is C35H40N4. The maximum Gasteiger partial charge on any atom is 0.0993 e. The van der Waals surface area contributed by atoms with Crippen molar-refractivity contribution in [1.29, 1.82) is 0 Å². The Bertz CT molecular complexity index is 1660. The van der Waals surface area contributed by atoms with Crippen molar-refractivity contribution in [2.75, 3.05) is 0 Å². The molecule has 0 fully saturated rings. The highest BCUT2D eigenvalue weighted by atomic mass is 15.0. The lowest BCUT2D eigenvalue weighted by atomic mass is 9.99. The predicted octanol–water partition coefficient (Wildman–Crippen LogP) is 10.3. The van der Waals surface area contributed by atoms with Crippen LogP contribution in [0.5, 0.6) is 0 Å². The largest absolute Gasteiger partial charge is 0.307 e. The van der Waals surface area contributed by atoms with Crippen LogP contribution in [0.15, 0.2) is 92.0 Å². The zero-order valence-corrected chi connectivity index (χ0v) is 24.6. The zero-order valence-electron chi connectivity index (χ0n) is 24.6. The van der Waals surface area contributed by atoms with Crippen molar-refractivity contribution in [2.24, 2.45) is 0 Å². The van der Waals surface area contributed by atoms with E-state index < -0.39 is 0 Å². The number of rotatable bonds is 1. The van der Waals surface area contributed by atoms with Crippen molar-refractivity contribution in [3.63, 3.8) is 0 Å². The van der Waals surface area contributed by atoms with Crippen molar-refractivity contribution in [1.82, 2.24) is 19.5 Å². The van der Waals surface area contributed by atoms with Gasteiger partial charge in [-0.2, -0.15) is 0 Å². The van der Waals surface area contributed by atoms with Gasteiger partial charge in [0.05, 0.1) is 34.3 Å². The predicted molar refractivity (Wildman–Crippen MR) is 171 cm³/mol. The molecule has 0 radical (unpaired) electrons.